The normalized spacial score (nSPS) is 15.5. The van der Waals surface area contributed by atoms with Crippen molar-refractivity contribution in [3.05, 3.63) is 29.8 Å². The van der Waals surface area contributed by atoms with Gasteiger partial charge in [0.1, 0.15) is 5.75 Å². The third-order valence-corrected chi connectivity index (χ3v) is 4.75. The van der Waals surface area contributed by atoms with Crippen LogP contribution in [0, 0.1) is 0 Å². The molecule has 1 aliphatic heterocycles. The van der Waals surface area contributed by atoms with E-state index in [1.54, 1.807) is 0 Å². The lowest BCUT2D eigenvalue weighted by atomic mass is 10.2. The Labute approximate surface area is 176 Å². The number of hydrogen-bond acceptors (Lipinski definition) is 5. The molecule has 1 fully saturated rings. The molecule has 0 atom stereocenters. The number of hydrogen-bond donors (Lipinski definition) is 2. The van der Waals surface area contributed by atoms with Gasteiger partial charge in [-0.05, 0) is 58.1 Å². The van der Waals surface area contributed by atoms with Crippen LogP contribution in [0.1, 0.15) is 25.3 Å². The van der Waals surface area contributed by atoms with Crippen LogP contribution in [0.4, 0.5) is 0 Å². The van der Waals surface area contributed by atoms with E-state index in [1.807, 2.05) is 12.1 Å². The van der Waals surface area contributed by atoms with Crippen LogP contribution in [0.5, 0.6) is 5.75 Å². The first-order valence-corrected chi connectivity index (χ1v) is 10.9. The van der Waals surface area contributed by atoms with Crippen LogP contribution in [0.25, 0.3) is 0 Å². The van der Waals surface area contributed by atoms with Crippen molar-refractivity contribution in [1.29, 1.82) is 0 Å². The van der Waals surface area contributed by atoms with Crippen LogP contribution < -0.4 is 15.4 Å². The average molecular weight is 406 g/mol. The molecule has 1 aromatic rings. The Morgan fingerprint density at radius 1 is 1.14 bits per heavy atom. The quantitative estimate of drug-likeness (QED) is 0.314. The first-order chi connectivity index (χ1) is 14.2. The molecule has 7 heteroatoms. The zero-order valence-electron chi connectivity index (χ0n) is 18.5. The molecular formula is C22H39N5O2. The van der Waals surface area contributed by atoms with E-state index in [9.17, 15) is 0 Å². The second kappa shape index (κ2) is 14.2. The Morgan fingerprint density at radius 2 is 1.90 bits per heavy atom. The van der Waals surface area contributed by atoms with Gasteiger partial charge < -0.3 is 25.0 Å². The maximum absolute atomic E-state index is 5.79. The Balaban J connectivity index is 1.69. The standard InChI is InChI=1S/C22H39N5O2/c1-4-23-22(24-11-5-13-27-14-17-28-18-15-27)25-19-20-7-9-21(10-8-20)29-16-6-12-26(2)3/h7-10H,4-6,11-19H2,1-3H3,(H2,23,24,25). The Kier molecular flexibility index (Phi) is 11.5. The number of rotatable bonds is 12. The van der Waals surface area contributed by atoms with Crippen molar-refractivity contribution >= 4 is 5.96 Å². The smallest absolute Gasteiger partial charge is 0.191 e. The van der Waals surface area contributed by atoms with Gasteiger partial charge in [-0.1, -0.05) is 12.1 Å². The first kappa shape index (κ1) is 23.4. The molecule has 0 spiro atoms. The summed E-state index contributed by atoms with van der Waals surface area (Å²) in [4.78, 5) is 9.33. The molecule has 0 aliphatic carbocycles. The summed E-state index contributed by atoms with van der Waals surface area (Å²) in [6.45, 7) is 11.2. The van der Waals surface area contributed by atoms with Crippen LogP contribution in [0.15, 0.2) is 29.3 Å². The van der Waals surface area contributed by atoms with E-state index in [2.05, 4.69) is 53.6 Å². The van der Waals surface area contributed by atoms with E-state index < -0.39 is 0 Å². The third kappa shape index (κ3) is 10.5. The highest BCUT2D eigenvalue weighted by Crippen LogP contribution is 2.13. The van der Waals surface area contributed by atoms with Gasteiger partial charge in [-0.25, -0.2) is 4.99 Å². The SMILES string of the molecule is CCNC(=NCc1ccc(OCCCN(C)C)cc1)NCCCN1CCOCC1. The van der Waals surface area contributed by atoms with Crippen LogP contribution in [-0.4, -0.2) is 88.9 Å². The summed E-state index contributed by atoms with van der Waals surface area (Å²) < 4.78 is 11.2. The summed E-state index contributed by atoms with van der Waals surface area (Å²) in [5.74, 6) is 1.79. The largest absolute Gasteiger partial charge is 0.494 e. The molecule has 0 radical (unpaired) electrons. The van der Waals surface area contributed by atoms with Crippen LogP contribution in [0.2, 0.25) is 0 Å². The Bertz CT molecular complexity index is 571. The average Bonchev–Trinajstić information content (AvgIpc) is 2.74. The van der Waals surface area contributed by atoms with E-state index in [0.717, 1.165) is 83.6 Å². The lowest BCUT2D eigenvalue weighted by molar-refractivity contribution is 0.0376. The Hall–Kier alpha value is -1.83. The maximum Gasteiger partial charge on any atom is 0.191 e. The number of aliphatic imine (C=N–C) groups is 1. The van der Waals surface area contributed by atoms with Gasteiger partial charge >= 0.3 is 0 Å². The summed E-state index contributed by atoms with van der Waals surface area (Å²) in [7, 11) is 4.16. The number of ether oxygens (including phenoxy) is 2. The number of guanidine groups is 1. The van der Waals surface area contributed by atoms with Gasteiger partial charge in [0.25, 0.3) is 0 Å². The molecule has 1 aliphatic rings. The Morgan fingerprint density at radius 3 is 2.59 bits per heavy atom. The molecule has 164 valence electrons. The number of benzene rings is 1. The molecule has 1 saturated heterocycles. The predicted octanol–water partition coefficient (Wildman–Crippen LogP) is 1.79. The van der Waals surface area contributed by atoms with Gasteiger partial charge in [-0.3, -0.25) is 4.90 Å². The van der Waals surface area contributed by atoms with Crippen LogP contribution >= 0.6 is 0 Å². The minimum Gasteiger partial charge on any atom is -0.494 e. The molecule has 0 unspecified atom stereocenters. The van der Waals surface area contributed by atoms with E-state index in [0.29, 0.717) is 6.54 Å². The van der Waals surface area contributed by atoms with Crippen molar-refractivity contribution in [2.24, 2.45) is 4.99 Å². The van der Waals surface area contributed by atoms with Gasteiger partial charge in [0, 0.05) is 32.7 Å². The van der Waals surface area contributed by atoms with Crippen molar-refractivity contribution in [3.63, 3.8) is 0 Å². The highest BCUT2D eigenvalue weighted by Gasteiger charge is 2.09. The maximum atomic E-state index is 5.79. The van der Waals surface area contributed by atoms with Crippen molar-refractivity contribution in [2.75, 3.05) is 73.2 Å². The lowest BCUT2D eigenvalue weighted by Gasteiger charge is -2.26. The fourth-order valence-corrected chi connectivity index (χ4v) is 3.11. The minimum atomic E-state index is 0.652. The molecule has 0 bridgehead atoms. The van der Waals surface area contributed by atoms with Gasteiger partial charge in [0.05, 0.1) is 26.4 Å². The van der Waals surface area contributed by atoms with Crippen molar-refractivity contribution < 1.29 is 9.47 Å². The first-order valence-electron chi connectivity index (χ1n) is 10.9. The van der Waals surface area contributed by atoms with Crippen LogP contribution in [0.3, 0.4) is 0 Å². The van der Waals surface area contributed by atoms with Crippen molar-refractivity contribution in [2.45, 2.75) is 26.3 Å². The molecule has 0 amide bonds. The minimum absolute atomic E-state index is 0.652. The van der Waals surface area contributed by atoms with E-state index in [1.165, 1.54) is 5.56 Å². The molecule has 2 rings (SSSR count). The monoisotopic (exact) mass is 405 g/mol. The van der Waals surface area contributed by atoms with Gasteiger partial charge in [0.2, 0.25) is 0 Å². The van der Waals surface area contributed by atoms with Gasteiger partial charge in [-0.15, -0.1) is 0 Å². The molecule has 2 N–H and O–H groups in total. The molecule has 0 saturated carbocycles. The number of nitrogens with zero attached hydrogens (tertiary/aromatic N) is 3. The topological polar surface area (TPSA) is 61.4 Å². The molecule has 1 heterocycles. The van der Waals surface area contributed by atoms with E-state index in [-0.39, 0.29) is 0 Å². The zero-order chi connectivity index (χ0) is 20.7. The molecule has 29 heavy (non-hydrogen) atoms. The summed E-state index contributed by atoms with van der Waals surface area (Å²) in [6, 6.07) is 8.24. The summed E-state index contributed by atoms with van der Waals surface area (Å²) >= 11 is 0. The number of nitrogens with one attached hydrogen (secondary N) is 2. The summed E-state index contributed by atoms with van der Waals surface area (Å²) in [5, 5.41) is 6.76. The van der Waals surface area contributed by atoms with E-state index in [4.69, 9.17) is 14.5 Å². The number of morpholine rings is 1. The zero-order valence-corrected chi connectivity index (χ0v) is 18.5. The van der Waals surface area contributed by atoms with Crippen LogP contribution in [-0.2, 0) is 11.3 Å². The fourth-order valence-electron chi connectivity index (χ4n) is 3.11. The molecule has 7 nitrogen and oxygen atoms in total. The van der Waals surface area contributed by atoms with Crippen molar-refractivity contribution in [3.8, 4) is 5.75 Å². The predicted molar refractivity (Wildman–Crippen MR) is 120 cm³/mol. The second-order valence-corrected chi connectivity index (χ2v) is 7.58. The molecule has 0 aromatic heterocycles. The molecule has 1 aromatic carbocycles. The second-order valence-electron chi connectivity index (χ2n) is 7.58. The van der Waals surface area contributed by atoms with Gasteiger partial charge in [-0.2, -0.15) is 0 Å². The third-order valence-electron chi connectivity index (χ3n) is 4.75. The van der Waals surface area contributed by atoms with E-state index >= 15 is 0 Å². The highest BCUT2D eigenvalue weighted by molar-refractivity contribution is 5.79. The molecular weight excluding hydrogens is 366 g/mol. The summed E-state index contributed by atoms with van der Waals surface area (Å²) in [5.41, 5.74) is 1.18. The van der Waals surface area contributed by atoms with Gasteiger partial charge in [0.15, 0.2) is 5.96 Å². The lowest BCUT2D eigenvalue weighted by Crippen LogP contribution is -2.40. The summed E-state index contributed by atoms with van der Waals surface area (Å²) in [6.07, 6.45) is 2.13. The highest BCUT2D eigenvalue weighted by atomic mass is 16.5. The fraction of sp³-hybridized carbons (Fsp3) is 0.682. The van der Waals surface area contributed by atoms with Crippen molar-refractivity contribution in [1.82, 2.24) is 20.4 Å².